The standard InChI is InChI=1S/C6H4ClI.BF4/c7-5-1-3-6(8)4-2-5;2-1(3,4)5/h1-4H;/q;-1. The zero-order valence-corrected chi connectivity index (χ0v) is 9.07. The van der Waals surface area contributed by atoms with E-state index in [1.54, 1.807) is 0 Å². The van der Waals surface area contributed by atoms with Gasteiger partial charge in [0.2, 0.25) is 0 Å². The van der Waals surface area contributed by atoms with Gasteiger partial charge < -0.3 is 17.3 Å². The molecule has 1 aromatic carbocycles. The first kappa shape index (κ1) is 13.0. The molecule has 0 aliphatic heterocycles. The Labute approximate surface area is 91.5 Å². The zero-order chi connectivity index (χ0) is 10.5. The molecule has 0 aliphatic rings. The molecule has 0 atom stereocenters. The molecular weight excluding hydrogens is 321 g/mol. The van der Waals surface area contributed by atoms with Crippen molar-refractivity contribution >= 4 is 41.4 Å². The molecule has 0 radical (unpaired) electrons. The summed E-state index contributed by atoms with van der Waals surface area (Å²) in [5.41, 5.74) is 0. The van der Waals surface area contributed by atoms with Crippen LogP contribution >= 0.6 is 34.2 Å². The van der Waals surface area contributed by atoms with Crippen LogP contribution in [0.15, 0.2) is 24.3 Å². The summed E-state index contributed by atoms with van der Waals surface area (Å²) in [6, 6.07) is 7.71. The third kappa shape index (κ3) is 12.0. The van der Waals surface area contributed by atoms with Gasteiger partial charge in [-0.25, -0.2) is 0 Å². The highest BCUT2D eigenvalue weighted by Gasteiger charge is 2.20. The van der Waals surface area contributed by atoms with Gasteiger partial charge in [-0.2, -0.15) is 0 Å². The van der Waals surface area contributed by atoms with Crippen LogP contribution in [-0.4, -0.2) is 7.25 Å². The van der Waals surface area contributed by atoms with Crippen molar-refractivity contribution in [2.45, 2.75) is 0 Å². The number of hydrogen-bond acceptors (Lipinski definition) is 0. The van der Waals surface area contributed by atoms with Crippen LogP contribution in [0.3, 0.4) is 0 Å². The molecule has 0 heterocycles. The molecule has 1 aromatic rings. The Morgan fingerprint density at radius 1 is 1.00 bits per heavy atom. The summed E-state index contributed by atoms with van der Waals surface area (Å²) in [5, 5.41) is 0.797. The topological polar surface area (TPSA) is 0 Å². The minimum absolute atomic E-state index is 0.797. The van der Waals surface area contributed by atoms with Crippen LogP contribution in [-0.2, 0) is 0 Å². The maximum absolute atomic E-state index is 9.75. The van der Waals surface area contributed by atoms with E-state index in [0.29, 0.717) is 0 Å². The fraction of sp³-hybridized carbons (Fsp3) is 0. The van der Waals surface area contributed by atoms with Crippen LogP contribution in [0.25, 0.3) is 0 Å². The Morgan fingerprint density at radius 2 is 1.31 bits per heavy atom. The summed E-state index contributed by atoms with van der Waals surface area (Å²) in [6.07, 6.45) is 0. The van der Waals surface area contributed by atoms with Gasteiger partial charge in [0.05, 0.1) is 0 Å². The minimum Gasteiger partial charge on any atom is -0.418 e. The van der Waals surface area contributed by atoms with Gasteiger partial charge in [-0.1, -0.05) is 11.6 Å². The van der Waals surface area contributed by atoms with Gasteiger partial charge in [-0.3, -0.25) is 0 Å². The van der Waals surface area contributed by atoms with Gasteiger partial charge in [0, 0.05) is 8.59 Å². The number of rotatable bonds is 0. The van der Waals surface area contributed by atoms with Gasteiger partial charge in [-0.05, 0) is 46.9 Å². The molecule has 0 unspecified atom stereocenters. The van der Waals surface area contributed by atoms with Crippen molar-refractivity contribution in [2.24, 2.45) is 0 Å². The van der Waals surface area contributed by atoms with Crippen molar-refractivity contribution in [3.8, 4) is 0 Å². The molecule has 0 fully saturated rings. The average Bonchev–Trinajstić information content (AvgIpc) is 1.92. The van der Waals surface area contributed by atoms with Gasteiger partial charge >= 0.3 is 7.25 Å². The van der Waals surface area contributed by atoms with E-state index >= 15 is 0 Å². The third-order valence-corrected chi connectivity index (χ3v) is 1.77. The van der Waals surface area contributed by atoms with E-state index in [-0.39, 0.29) is 0 Å². The Morgan fingerprint density at radius 3 is 1.54 bits per heavy atom. The summed E-state index contributed by atoms with van der Waals surface area (Å²) in [5.74, 6) is 0. The molecule has 0 saturated heterocycles. The lowest BCUT2D eigenvalue weighted by atomic mass is 10.3. The SMILES string of the molecule is Clc1ccc(I)cc1.F[B-](F)(F)F. The van der Waals surface area contributed by atoms with Gasteiger partial charge in [0.15, 0.2) is 0 Å². The summed E-state index contributed by atoms with van der Waals surface area (Å²) >= 11 is 7.85. The predicted molar refractivity (Wildman–Crippen MR) is 54.4 cm³/mol. The van der Waals surface area contributed by atoms with Crippen LogP contribution in [0.2, 0.25) is 5.02 Å². The van der Waals surface area contributed by atoms with Crippen molar-refractivity contribution in [2.75, 3.05) is 0 Å². The zero-order valence-electron chi connectivity index (χ0n) is 6.15. The molecule has 0 N–H and O–H groups in total. The first-order valence-electron chi connectivity index (χ1n) is 3.07. The smallest absolute Gasteiger partial charge is 0.418 e. The number of benzene rings is 1. The molecule has 0 aliphatic carbocycles. The quantitative estimate of drug-likeness (QED) is 0.380. The van der Waals surface area contributed by atoms with Crippen molar-refractivity contribution < 1.29 is 17.3 Å². The molecule has 1 rings (SSSR count). The molecule has 0 spiro atoms. The lowest BCUT2D eigenvalue weighted by Gasteiger charge is -1.94. The molecule has 0 amide bonds. The average molecular weight is 325 g/mol. The van der Waals surface area contributed by atoms with Crippen LogP contribution in [0.5, 0.6) is 0 Å². The summed E-state index contributed by atoms with van der Waals surface area (Å²) in [6.45, 7) is 0. The lowest BCUT2D eigenvalue weighted by Crippen LogP contribution is -2.02. The van der Waals surface area contributed by atoms with E-state index in [1.165, 1.54) is 3.57 Å². The molecule has 0 saturated carbocycles. The fourth-order valence-electron chi connectivity index (χ4n) is 0.430. The molecule has 0 nitrogen and oxygen atoms in total. The van der Waals surface area contributed by atoms with Gasteiger partial charge in [0.25, 0.3) is 0 Å². The molecule has 0 aromatic heterocycles. The van der Waals surface area contributed by atoms with Crippen LogP contribution in [0, 0.1) is 3.57 Å². The maximum Gasteiger partial charge on any atom is 0.673 e. The van der Waals surface area contributed by atoms with Gasteiger partial charge in [0.1, 0.15) is 0 Å². The van der Waals surface area contributed by atoms with Crippen LogP contribution in [0.4, 0.5) is 17.3 Å². The van der Waals surface area contributed by atoms with E-state index in [1.807, 2.05) is 24.3 Å². The second kappa shape index (κ2) is 5.69. The van der Waals surface area contributed by atoms with Gasteiger partial charge in [-0.15, -0.1) is 0 Å². The van der Waals surface area contributed by atoms with Crippen molar-refractivity contribution in [1.82, 2.24) is 0 Å². The second-order valence-electron chi connectivity index (χ2n) is 1.93. The van der Waals surface area contributed by atoms with E-state index in [2.05, 4.69) is 22.6 Å². The molecule has 74 valence electrons. The number of halogens is 6. The Hall–Kier alpha value is 0.0249. The highest BCUT2D eigenvalue weighted by Crippen LogP contribution is 2.10. The van der Waals surface area contributed by atoms with E-state index in [0.717, 1.165) is 5.02 Å². The minimum atomic E-state index is -6.00. The fourth-order valence-corrected chi connectivity index (χ4v) is 0.915. The second-order valence-corrected chi connectivity index (χ2v) is 3.61. The number of hydrogen-bond donors (Lipinski definition) is 0. The molecule has 7 heteroatoms. The summed E-state index contributed by atoms with van der Waals surface area (Å²) < 4.78 is 40.2. The normalized spacial score (nSPS) is 10.3. The highest BCUT2D eigenvalue weighted by molar-refractivity contribution is 14.1. The van der Waals surface area contributed by atoms with Crippen LogP contribution in [0.1, 0.15) is 0 Å². The predicted octanol–water partition coefficient (Wildman–Crippen LogP) is 4.24. The summed E-state index contributed by atoms with van der Waals surface area (Å²) in [4.78, 5) is 0. The van der Waals surface area contributed by atoms with E-state index in [4.69, 9.17) is 11.6 Å². The lowest BCUT2D eigenvalue weighted by molar-refractivity contribution is 0.368. The van der Waals surface area contributed by atoms with Crippen molar-refractivity contribution in [3.05, 3.63) is 32.9 Å². The third-order valence-electron chi connectivity index (χ3n) is 0.804. The maximum atomic E-state index is 9.75. The highest BCUT2D eigenvalue weighted by atomic mass is 127. The van der Waals surface area contributed by atoms with Crippen molar-refractivity contribution in [1.29, 1.82) is 0 Å². The first-order valence-corrected chi connectivity index (χ1v) is 4.53. The molecule has 13 heavy (non-hydrogen) atoms. The Bertz CT molecular complexity index is 221. The molecule has 0 bridgehead atoms. The van der Waals surface area contributed by atoms with Crippen LogP contribution < -0.4 is 0 Å². The monoisotopic (exact) mass is 325 g/mol. The summed E-state index contributed by atoms with van der Waals surface area (Å²) in [7, 11) is -6.00. The molecular formula is C6H4BClF4I-. The largest absolute Gasteiger partial charge is 0.673 e. The first-order chi connectivity index (χ1) is 5.79. The van der Waals surface area contributed by atoms with E-state index in [9.17, 15) is 17.3 Å². The Kier molecular flexibility index (Phi) is 5.70. The Balaban J connectivity index is 0.000000252. The van der Waals surface area contributed by atoms with Crippen molar-refractivity contribution in [3.63, 3.8) is 0 Å². The van der Waals surface area contributed by atoms with E-state index < -0.39 is 7.25 Å².